The van der Waals surface area contributed by atoms with Crippen LogP contribution in [0.1, 0.15) is 10.5 Å². The normalized spacial score (nSPS) is 10.4. The van der Waals surface area contributed by atoms with Gasteiger partial charge >= 0.3 is 5.97 Å². The molecule has 0 fully saturated rings. The van der Waals surface area contributed by atoms with Gasteiger partial charge < -0.3 is 5.11 Å². The molecular formula is C11H5Cl3N2O2. The van der Waals surface area contributed by atoms with Gasteiger partial charge in [0.15, 0.2) is 5.69 Å². The van der Waals surface area contributed by atoms with Crippen LogP contribution in [0, 0.1) is 0 Å². The lowest BCUT2D eigenvalue weighted by Gasteiger charge is -2.08. The van der Waals surface area contributed by atoms with Crippen LogP contribution in [0.4, 0.5) is 0 Å². The molecule has 0 amide bonds. The molecule has 0 unspecified atom stereocenters. The summed E-state index contributed by atoms with van der Waals surface area (Å²) in [6.45, 7) is 0. The van der Waals surface area contributed by atoms with Gasteiger partial charge in [-0.1, -0.05) is 34.8 Å². The van der Waals surface area contributed by atoms with E-state index >= 15 is 0 Å². The summed E-state index contributed by atoms with van der Waals surface area (Å²) in [5, 5.41) is 9.89. The second-order valence-electron chi connectivity index (χ2n) is 3.34. The lowest BCUT2D eigenvalue weighted by Crippen LogP contribution is -2.03. The first-order valence-corrected chi connectivity index (χ1v) is 5.82. The molecule has 0 aliphatic heterocycles. The highest BCUT2D eigenvalue weighted by Gasteiger charge is 2.17. The number of hydrogen-bond acceptors (Lipinski definition) is 3. The minimum absolute atomic E-state index is 0.148. The zero-order valence-corrected chi connectivity index (χ0v) is 11.0. The number of aromatic carboxylic acids is 1. The number of carbonyl (C=O) groups is 1. The van der Waals surface area contributed by atoms with E-state index in [0.717, 1.165) is 6.33 Å². The molecule has 1 heterocycles. The van der Waals surface area contributed by atoms with Crippen molar-refractivity contribution in [2.75, 3.05) is 0 Å². The summed E-state index contributed by atoms with van der Waals surface area (Å²) in [6.07, 6.45) is 2.51. The second kappa shape index (κ2) is 5.10. The Morgan fingerprint density at radius 1 is 1.06 bits per heavy atom. The number of hydrogen-bond donors (Lipinski definition) is 1. The van der Waals surface area contributed by atoms with Gasteiger partial charge in [0.25, 0.3) is 0 Å². The van der Waals surface area contributed by atoms with Crippen molar-refractivity contribution < 1.29 is 9.90 Å². The van der Waals surface area contributed by atoms with Gasteiger partial charge in [0.05, 0.1) is 15.1 Å². The molecule has 0 atom stereocenters. The van der Waals surface area contributed by atoms with Crippen LogP contribution < -0.4 is 0 Å². The minimum Gasteiger partial charge on any atom is -0.476 e. The molecule has 0 aliphatic carbocycles. The Bertz CT molecular complexity index is 632. The summed E-state index contributed by atoms with van der Waals surface area (Å²) in [6, 6.07) is 2.93. The predicted octanol–water partition coefficient (Wildman–Crippen LogP) is 3.80. The summed E-state index contributed by atoms with van der Waals surface area (Å²) in [5.41, 5.74) is 0.558. The summed E-state index contributed by atoms with van der Waals surface area (Å²) in [5.74, 6) is -1.17. The molecule has 1 aromatic carbocycles. The molecule has 2 aromatic rings. The van der Waals surface area contributed by atoms with Crippen LogP contribution in [0.3, 0.4) is 0 Å². The highest BCUT2D eigenvalue weighted by molar-refractivity contribution is 6.44. The summed E-state index contributed by atoms with van der Waals surface area (Å²) < 4.78 is 0. The van der Waals surface area contributed by atoms with Crippen LogP contribution in [0.5, 0.6) is 0 Å². The quantitative estimate of drug-likeness (QED) is 0.857. The average molecular weight is 304 g/mol. The van der Waals surface area contributed by atoms with Crippen molar-refractivity contribution >= 4 is 40.8 Å². The molecule has 1 N–H and O–H groups in total. The van der Waals surface area contributed by atoms with Crippen LogP contribution in [-0.4, -0.2) is 21.0 Å². The van der Waals surface area contributed by atoms with Crippen LogP contribution >= 0.6 is 34.8 Å². The fourth-order valence-electron chi connectivity index (χ4n) is 1.43. The Morgan fingerprint density at radius 3 is 2.39 bits per heavy atom. The van der Waals surface area contributed by atoms with Crippen molar-refractivity contribution in [2.24, 2.45) is 0 Å². The third-order valence-corrected chi connectivity index (χ3v) is 3.25. The lowest BCUT2D eigenvalue weighted by atomic mass is 10.1. The predicted molar refractivity (Wildman–Crippen MR) is 69.5 cm³/mol. The van der Waals surface area contributed by atoms with Crippen LogP contribution in [0.25, 0.3) is 11.1 Å². The van der Waals surface area contributed by atoms with E-state index in [4.69, 9.17) is 39.9 Å². The Hall–Kier alpha value is -1.36. The largest absolute Gasteiger partial charge is 0.476 e. The smallest absolute Gasteiger partial charge is 0.355 e. The number of carboxylic acids is 1. The van der Waals surface area contributed by atoms with E-state index in [-0.39, 0.29) is 21.3 Å². The van der Waals surface area contributed by atoms with Crippen LogP contribution in [0.2, 0.25) is 15.1 Å². The average Bonchev–Trinajstić information content (AvgIpc) is 2.34. The summed E-state index contributed by atoms with van der Waals surface area (Å²) >= 11 is 17.7. The lowest BCUT2D eigenvalue weighted by molar-refractivity contribution is 0.0691. The van der Waals surface area contributed by atoms with E-state index < -0.39 is 5.97 Å². The Kier molecular flexibility index (Phi) is 3.71. The number of benzene rings is 1. The van der Waals surface area contributed by atoms with Crippen molar-refractivity contribution in [2.45, 2.75) is 0 Å². The molecule has 7 heteroatoms. The van der Waals surface area contributed by atoms with Gasteiger partial charge in [-0.15, -0.1) is 0 Å². The molecule has 1 aromatic heterocycles. The zero-order chi connectivity index (χ0) is 13.3. The Balaban J connectivity index is 2.69. The fourth-order valence-corrected chi connectivity index (χ4v) is 2.07. The van der Waals surface area contributed by atoms with Crippen LogP contribution in [0.15, 0.2) is 24.7 Å². The summed E-state index contributed by atoms with van der Waals surface area (Å²) in [4.78, 5) is 18.6. The van der Waals surface area contributed by atoms with Crippen molar-refractivity contribution in [1.82, 2.24) is 9.97 Å². The zero-order valence-electron chi connectivity index (χ0n) is 8.69. The first kappa shape index (κ1) is 13.1. The third-order valence-electron chi connectivity index (χ3n) is 2.21. The number of carboxylic acid groups (broad SMARTS) is 1. The maximum Gasteiger partial charge on any atom is 0.355 e. The van der Waals surface area contributed by atoms with Gasteiger partial charge in [-0.2, -0.15) is 0 Å². The molecule has 18 heavy (non-hydrogen) atoms. The highest BCUT2D eigenvalue weighted by Crippen LogP contribution is 2.35. The van der Waals surface area contributed by atoms with Gasteiger partial charge in [0.1, 0.15) is 6.33 Å². The summed E-state index contributed by atoms with van der Waals surface area (Å²) in [7, 11) is 0. The molecule has 2 rings (SSSR count). The van der Waals surface area contributed by atoms with Gasteiger partial charge in [-0.05, 0) is 12.1 Å². The van der Waals surface area contributed by atoms with Gasteiger partial charge in [-0.25, -0.2) is 14.8 Å². The molecule has 0 radical (unpaired) electrons. The number of nitrogens with zero attached hydrogens (tertiary/aromatic N) is 2. The number of halogens is 3. The van der Waals surface area contributed by atoms with E-state index in [9.17, 15) is 4.79 Å². The maximum atomic E-state index is 11.1. The maximum absolute atomic E-state index is 11.1. The first-order chi connectivity index (χ1) is 8.50. The molecule has 92 valence electrons. The molecule has 0 bridgehead atoms. The van der Waals surface area contributed by atoms with E-state index in [1.165, 1.54) is 18.3 Å². The van der Waals surface area contributed by atoms with E-state index in [1.54, 1.807) is 0 Å². The van der Waals surface area contributed by atoms with Gasteiger partial charge in [0.2, 0.25) is 0 Å². The number of rotatable bonds is 2. The van der Waals surface area contributed by atoms with Crippen LogP contribution in [-0.2, 0) is 0 Å². The Labute approximate surface area is 117 Å². The van der Waals surface area contributed by atoms with Gasteiger partial charge in [-0.3, -0.25) is 0 Å². The number of aromatic nitrogens is 2. The standard InChI is InChI=1S/C11H5Cl3N2O2/c12-7-2-9(14)8(13)1-5(7)6-3-15-4-16-10(6)11(17)18/h1-4H,(H,17,18). The molecule has 0 spiro atoms. The van der Waals surface area contributed by atoms with Crippen molar-refractivity contribution in [3.8, 4) is 11.1 Å². The van der Waals surface area contributed by atoms with Crippen molar-refractivity contribution in [3.05, 3.63) is 45.4 Å². The topological polar surface area (TPSA) is 63.1 Å². The van der Waals surface area contributed by atoms with Crippen molar-refractivity contribution in [3.63, 3.8) is 0 Å². The molecule has 0 aliphatic rings. The monoisotopic (exact) mass is 302 g/mol. The second-order valence-corrected chi connectivity index (χ2v) is 4.56. The Morgan fingerprint density at radius 2 is 1.72 bits per heavy atom. The van der Waals surface area contributed by atoms with E-state index in [2.05, 4.69) is 9.97 Å². The SMILES string of the molecule is O=C(O)c1ncncc1-c1cc(Cl)c(Cl)cc1Cl. The first-order valence-electron chi connectivity index (χ1n) is 4.69. The van der Waals surface area contributed by atoms with Gasteiger partial charge in [0, 0.05) is 17.3 Å². The molecular weight excluding hydrogens is 298 g/mol. The fraction of sp³-hybridized carbons (Fsp3) is 0. The highest BCUT2D eigenvalue weighted by atomic mass is 35.5. The minimum atomic E-state index is -1.17. The van der Waals surface area contributed by atoms with E-state index in [0.29, 0.717) is 10.6 Å². The van der Waals surface area contributed by atoms with Crippen molar-refractivity contribution in [1.29, 1.82) is 0 Å². The van der Waals surface area contributed by atoms with E-state index in [1.807, 2.05) is 0 Å². The molecule has 0 saturated heterocycles. The molecule has 0 saturated carbocycles. The molecule has 4 nitrogen and oxygen atoms in total. The third kappa shape index (κ3) is 2.41.